The van der Waals surface area contributed by atoms with Crippen molar-refractivity contribution >= 4 is 22.4 Å². The summed E-state index contributed by atoms with van der Waals surface area (Å²) in [6.45, 7) is 0. The molecule has 1 fully saturated rings. The second-order valence-corrected chi connectivity index (χ2v) is 4.52. The number of rotatable bonds is 0. The van der Waals surface area contributed by atoms with Crippen LogP contribution in [0.25, 0.3) is 0 Å². The minimum atomic E-state index is -0.720. The molecule has 2 atom stereocenters. The summed E-state index contributed by atoms with van der Waals surface area (Å²) in [5, 5.41) is 0. The van der Waals surface area contributed by atoms with E-state index in [2.05, 4.69) is 0 Å². The highest BCUT2D eigenvalue weighted by atomic mass is 35.5. The summed E-state index contributed by atoms with van der Waals surface area (Å²) >= 11 is 5.67. The summed E-state index contributed by atoms with van der Waals surface area (Å²) < 4.78 is 10.7. The van der Waals surface area contributed by atoms with Crippen molar-refractivity contribution in [3.8, 4) is 0 Å². The zero-order chi connectivity index (χ0) is 5.98. The van der Waals surface area contributed by atoms with E-state index in [4.69, 9.17) is 11.6 Å². The first-order chi connectivity index (χ1) is 3.80. The van der Waals surface area contributed by atoms with E-state index in [1.165, 1.54) is 0 Å². The Morgan fingerprint density at radius 3 is 2.62 bits per heavy atom. The average molecular weight is 153 g/mol. The van der Waals surface area contributed by atoms with Crippen molar-refractivity contribution in [3.63, 3.8) is 0 Å². The van der Waals surface area contributed by atoms with Gasteiger partial charge in [0.15, 0.2) is 0 Å². The van der Waals surface area contributed by atoms with E-state index in [-0.39, 0.29) is 4.71 Å². The lowest BCUT2D eigenvalue weighted by molar-refractivity contribution is 0.649. The van der Waals surface area contributed by atoms with Gasteiger partial charge in [-0.2, -0.15) is 0 Å². The SMILES string of the molecule is O=S1CCCC[C@@H]1Cl. The van der Waals surface area contributed by atoms with Crippen LogP contribution in [-0.2, 0) is 10.8 Å². The molecule has 0 aromatic carbocycles. The molecule has 48 valence electrons. The summed E-state index contributed by atoms with van der Waals surface area (Å²) in [5.74, 6) is 0.814. The third kappa shape index (κ3) is 1.46. The van der Waals surface area contributed by atoms with Crippen molar-refractivity contribution in [2.75, 3.05) is 5.75 Å². The molecule has 1 nitrogen and oxygen atoms in total. The monoisotopic (exact) mass is 152 g/mol. The Morgan fingerprint density at radius 1 is 1.50 bits per heavy atom. The van der Waals surface area contributed by atoms with Crippen LogP contribution in [0.4, 0.5) is 0 Å². The van der Waals surface area contributed by atoms with Crippen LogP contribution in [0.1, 0.15) is 19.3 Å². The maximum atomic E-state index is 10.8. The molecule has 1 unspecified atom stereocenters. The first-order valence-corrected chi connectivity index (χ1v) is 4.64. The normalized spacial score (nSPS) is 39.6. The topological polar surface area (TPSA) is 17.1 Å². The zero-order valence-electron chi connectivity index (χ0n) is 4.60. The molecule has 0 radical (unpaired) electrons. The molecule has 0 saturated carbocycles. The fourth-order valence-electron chi connectivity index (χ4n) is 0.808. The molecule has 0 aromatic rings. The van der Waals surface area contributed by atoms with Gasteiger partial charge < -0.3 is 0 Å². The van der Waals surface area contributed by atoms with Gasteiger partial charge in [-0.15, -0.1) is 11.6 Å². The number of hydrogen-bond donors (Lipinski definition) is 0. The van der Waals surface area contributed by atoms with E-state index >= 15 is 0 Å². The largest absolute Gasteiger partial charge is 0.258 e. The maximum Gasteiger partial charge on any atom is 0.109 e. The van der Waals surface area contributed by atoms with Gasteiger partial charge in [0, 0.05) is 16.6 Å². The third-order valence-electron chi connectivity index (χ3n) is 1.31. The summed E-state index contributed by atoms with van der Waals surface area (Å²) in [5.41, 5.74) is 0. The van der Waals surface area contributed by atoms with Crippen LogP contribution in [0.3, 0.4) is 0 Å². The predicted octanol–water partition coefficient (Wildman–Crippen LogP) is 1.48. The van der Waals surface area contributed by atoms with E-state index in [0.717, 1.165) is 25.0 Å². The van der Waals surface area contributed by atoms with Crippen LogP contribution in [0.15, 0.2) is 0 Å². The minimum absolute atomic E-state index is 0.0521. The minimum Gasteiger partial charge on any atom is -0.258 e. The second-order valence-electron chi connectivity index (χ2n) is 1.99. The third-order valence-corrected chi connectivity index (χ3v) is 3.62. The van der Waals surface area contributed by atoms with Crippen LogP contribution < -0.4 is 0 Å². The lowest BCUT2D eigenvalue weighted by atomic mass is 10.3. The summed E-state index contributed by atoms with van der Waals surface area (Å²) in [6, 6.07) is 0. The van der Waals surface area contributed by atoms with Crippen molar-refractivity contribution in [3.05, 3.63) is 0 Å². The standard InChI is InChI=1S/C5H9ClOS/c6-5-3-1-2-4-8(5)7/h5H,1-4H2/t5-,8?/m1/s1. The Bertz CT molecular complexity index is 105. The van der Waals surface area contributed by atoms with E-state index in [0.29, 0.717) is 0 Å². The van der Waals surface area contributed by atoms with E-state index < -0.39 is 10.8 Å². The molecule has 1 saturated heterocycles. The number of hydrogen-bond acceptors (Lipinski definition) is 1. The molecule has 1 heterocycles. The Hall–Kier alpha value is 0.440. The van der Waals surface area contributed by atoms with Crippen LogP contribution in [0, 0.1) is 0 Å². The van der Waals surface area contributed by atoms with Gasteiger partial charge in [-0.3, -0.25) is 4.21 Å². The maximum absolute atomic E-state index is 10.8. The molecule has 8 heavy (non-hydrogen) atoms. The second kappa shape index (κ2) is 2.83. The first-order valence-electron chi connectivity index (χ1n) is 2.82. The fraction of sp³-hybridized carbons (Fsp3) is 1.00. The van der Waals surface area contributed by atoms with Crippen molar-refractivity contribution in [2.45, 2.75) is 24.0 Å². The van der Waals surface area contributed by atoms with Crippen LogP contribution in [-0.4, -0.2) is 14.7 Å². The van der Waals surface area contributed by atoms with Gasteiger partial charge in [0.1, 0.15) is 4.71 Å². The molecule has 3 heteroatoms. The first kappa shape index (κ1) is 6.56. The predicted molar refractivity (Wildman–Crippen MR) is 36.5 cm³/mol. The van der Waals surface area contributed by atoms with Gasteiger partial charge in [-0.1, -0.05) is 6.42 Å². The Labute approximate surface area is 56.9 Å². The molecule has 0 aliphatic carbocycles. The Kier molecular flexibility index (Phi) is 2.32. The van der Waals surface area contributed by atoms with E-state index in [1.54, 1.807) is 0 Å². The van der Waals surface area contributed by atoms with Crippen molar-refractivity contribution in [1.82, 2.24) is 0 Å². The molecular weight excluding hydrogens is 144 g/mol. The van der Waals surface area contributed by atoms with Gasteiger partial charge in [-0.05, 0) is 12.8 Å². The Morgan fingerprint density at radius 2 is 2.25 bits per heavy atom. The molecule has 0 N–H and O–H groups in total. The zero-order valence-corrected chi connectivity index (χ0v) is 6.17. The molecule has 1 rings (SSSR count). The van der Waals surface area contributed by atoms with E-state index in [1.807, 2.05) is 0 Å². The molecule has 0 bridgehead atoms. The van der Waals surface area contributed by atoms with Gasteiger partial charge in [-0.25, -0.2) is 0 Å². The van der Waals surface area contributed by atoms with Gasteiger partial charge >= 0.3 is 0 Å². The van der Waals surface area contributed by atoms with Crippen molar-refractivity contribution in [1.29, 1.82) is 0 Å². The molecule has 0 amide bonds. The molecule has 1 aliphatic rings. The van der Waals surface area contributed by atoms with Crippen LogP contribution >= 0.6 is 11.6 Å². The highest BCUT2D eigenvalue weighted by molar-refractivity contribution is 7.87. The quantitative estimate of drug-likeness (QED) is 0.481. The summed E-state index contributed by atoms with van der Waals surface area (Å²) in [4.78, 5) is 0. The number of halogens is 1. The van der Waals surface area contributed by atoms with Crippen molar-refractivity contribution in [2.24, 2.45) is 0 Å². The number of alkyl halides is 1. The summed E-state index contributed by atoms with van der Waals surface area (Å²) in [7, 11) is -0.720. The Balaban J connectivity index is 2.39. The average Bonchev–Trinajstić information content (AvgIpc) is 1.77. The lowest BCUT2D eigenvalue weighted by Crippen LogP contribution is -2.16. The highest BCUT2D eigenvalue weighted by Gasteiger charge is 2.16. The molecule has 0 aromatic heterocycles. The van der Waals surface area contributed by atoms with E-state index in [9.17, 15) is 4.21 Å². The smallest absolute Gasteiger partial charge is 0.109 e. The lowest BCUT2D eigenvalue weighted by Gasteiger charge is -2.13. The fourth-order valence-corrected chi connectivity index (χ4v) is 2.40. The molecular formula is C5H9ClOS. The van der Waals surface area contributed by atoms with Gasteiger partial charge in [0.25, 0.3) is 0 Å². The molecule has 1 aliphatic heterocycles. The summed E-state index contributed by atoms with van der Waals surface area (Å²) in [6.07, 6.45) is 3.18. The van der Waals surface area contributed by atoms with Gasteiger partial charge in [0.2, 0.25) is 0 Å². The molecule has 0 spiro atoms. The highest BCUT2D eigenvalue weighted by Crippen LogP contribution is 2.18. The van der Waals surface area contributed by atoms with Gasteiger partial charge in [0.05, 0.1) is 0 Å². The van der Waals surface area contributed by atoms with Crippen molar-refractivity contribution < 1.29 is 4.21 Å². The van der Waals surface area contributed by atoms with Crippen LogP contribution in [0.5, 0.6) is 0 Å². The van der Waals surface area contributed by atoms with Crippen LogP contribution in [0.2, 0.25) is 0 Å².